The highest BCUT2D eigenvalue weighted by molar-refractivity contribution is 5.73. The molecule has 0 aliphatic carbocycles. The van der Waals surface area contributed by atoms with Gasteiger partial charge in [0, 0.05) is 13.1 Å². The summed E-state index contributed by atoms with van der Waals surface area (Å²) in [6, 6.07) is 0. The molecule has 1 unspecified atom stereocenters. The zero-order valence-corrected chi connectivity index (χ0v) is 11.7. The Morgan fingerprint density at radius 2 is 2.05 bits per heavy atom. The van der Waals surface area contributed by atoms with E-state index in [0.29, 0.717) is 12.5 Å². The van der Waals surface area contributed by atoms with E-state index in [1.165, 1.54) is 7.11 Å². The van der Waals surface area contributed by atoms with Crippen molar-refractivity contribution in [2.75, 3.05) is 25.1 Å². The summed E-state index contributed by atoms with van der Waals surface area (Å²) in [5.74, 6) is 0.390. The largest absolute Gasteiger partial charge is 0.469 e. The van der Waals surface area contributed by atoms with Gasteiger partial charge in [-0.2, -0.15) is 5.10 Å². The predicted molar refractivity (Wildman–Crippen MR) is 70.9 cm³/mol. The van der Waals surface area contributed by atoms with Crippen LogP contribution in [0.15, 0.2) is 0 Å². The maximum absolute atomic E-state index is 11.5. The molecular weight excluding hydrogens is 244 g/mol. The molecule has 1 aliphatic rings. The molecule has 1 aliphatic heterocycles. The lowest BCUT2D eigenvalue weighted by Crippen LogP contribution is -2.26. The van der Waals surface area contributed by atoms with Gasteiger partial charge in [0.1, 0.15) is 0 Å². The van der Waals surface area contributed by atoms with Gasteiger partial charge in [-0.25, -0.2) is 4.98 Å². The van der Waals surface area contributed by atoms with E-state index in [1.807, 2.05) is 11.8 Å². The molecule has 1 atom stereocenters. The average molecular weight is 264 g/mol. The van der Waals surface area contributed by atoms with Crippen molar-refractivity contribution in [3.63, 3.8) is 0 Å². The zero-order chi connectivity index (χ0) is 13.8. The first-order valence-corrected chi connectivity index (χ1v) is 6.74. The maximum Gasteiger partial charge on any atom is 0.310 e. The second kappa shape index (κ2) is 5.95. The minimum Gasteiger partial charge on any atom is -0.469 e. The van der Waals surface area contributed by atoms with Crippen molar-refractivity contribution in [2.24, 2.45) is 5.92 Å². The molecule has 1 saturated heterocycles. The quantitative estimate of drug-likeness (QED) is 0.756. The van der Waals surface area contributed by atoms with Gasteiger partial charge in [-0.1, -0.05) is 13.8 Å². The van der Waals surface area contributed by atoms with Gasteiger partial charge in [0.25, 0.3) is 0 Å². The van der Waals surface area contributed by atoms with E-state index in [9.17, 15) is 4.79 Å². The van der Waals surface area contributed by atoms with E-state index in [-0.39, 0.29) is 11.9 Å². The normalized spacial score (nSPS) is 18.7. The van der Waals surface area contributed by atoms with Gasteiger partial charge in [-0.15, -0.1) is 5.10 Å². The molecule has 0 saturated carbocycles. The van der Waals surface area contributed by atoms with Crippen LogP contribution in [-0.4, -0.2) is 41.3 Å². The fourth-order valence-electron chi connectivity index (χ4n) is 2.36. The van der Waals surface area contributed by atoms with Crippen molar-refractivity contribution in [3.05, 3.63) is 11.4 Å². The van der Waals surface area contributed by atoms with E-state index in [0.717, 1.165) is 37.2 Å². The first-order chi connectivity index (χ1) is 9.19. The lowest BCUT2D eigenvalue weighted by Gasteiger charge is -2.16. The maximum atomic E-state index is 11.5. The van der Waals surface area contributed by atoms with E-state index in [2.05, 4.69) is 22.1 Å². The van der Waals surface area contributed by atoms with Gasteiger partial charge < -0.3 is 9.64 Å². The zero-order valence-electron chi connectivity index (χ0n) is 11.7. The van der Waals surface area contributed by atoms with Crippen molar-refractivity contribution in [1.29, 1.82) is 0 Å². The third-order valence-electron chi connectivity index (χ3n) is 3.50. The Morgan fingerprint density at radius 1 is 1.32 bits per heavy atom. The molecule has 1 aromatic rings. The molecule has 0 amide bonds. The minimum atomic E-state index is -0.156. The van der Waals surface area contributed by atoms with Gasteiger partial charge in [0.2, 0.25) is 5.95 Å². The van der Waals surface area contributed by atoms with Crippen molar-refractivity contribution < 1.29 is 9.53 Å². The Morgan fingerprint density at radius 3 is 2.68 bits per heavy atom. The number of nitrogens with zero attached hydrogens (tertiary/aromatic N) is 4. The van der Waals surface area contributed by atoms with Gasteiger partial charge in [0.05, 0.1) is 24.4 Å². The number of anilines is 1. The summed E-state index contributed by atoms with van der Waals surface area (Å²) in [5.41, 5.74) is 1.95. The van der Waals surface area contributed by atoms with Crippen LogP contribution in [0.2, 0.25) is 0 Å². The summed E-state index contributed by atoms with van der Waals surface area (Å²) in [6.07, 6.45) is 2.47. The molecule has 6 heteroatoms. The lowest BCUT2D eigenvalue weighted by molar-refractivity contribution is -0.144. The fourth-order valence-corrected chi connectivity index (χ4v) is 2.36. The molecule has 6 nitrogen and oxygen atoms in total. The van der Waals surface area contributed by atoms with Crippen LogP contribution in [0, 0.1) is 5.92 Å². The SMILES string of the molecule is CCc1nnc(N2CCC(C(=O)OC)C2)nc1CC. The number of esters is 1. The Bertz CT molecular complexity index is 464. The summed E-state index contributed by atoms with van der Waals surface area (Å²) >= 11 is 0. The number of hydrogen-bond acceptors (Lipinski definition) is 6. The molecule has 0 spiro atoms. The summed E-state index contributed by atoms with van der Waals surface area (Å²) in [6.45, 7) is 5.50. The van der Waals surface area contributed by atoms with Crippen molar-refractivity contribution in [2.45, 2.75) is 33.1 Å². The second-order valence-corrected chi connectivity index (χ2v) is 4.67. The van der Waals surface area contributed by atoms with Crippen LogP contribution in [0.25, 0.3) is 0 Å². The average Bonchev–Trinajstić information content (AvgIpc) is 2.95. The summed E-state index contributed by atoms with van der Waals surface area (Å²) in [7, 11) is 1.42. The van der Waals surface area contributed by atoms with E-state index < -0.39 is 0 Å². The van der Waals surface area contributed by atoms with Crippen LogP contribution >= 0.6 is 0 Å². The molecule has 0 radical (unpaired) electrons. The Hall–Kier alpha value is -1.72. The first-order valence-electron chi connectivity index (χ1n) is 6.74. The highest BCUT2D eigenvalue weighted by Crippen LogP contribution is 2.22. The van der Waals surface area contributed by atoms with Gasteiger partial charge in [0.15, 0.2) is 0 Å². The number of rotatable bonds is 4. The molecule has 2 rings (SSSR count). The van der Waals surface area contributed by atoms with E-state index in [1.54, 1.807) is 0 Å². The van der Waals surface area contributed by atoms with Gasteiger partial charge in [-0.05, 0) is 19.3 Å². The third kappa shape index (κ3) is 2.83. The number of carbonyl (C=O) groups is 1. The highest BCUT2D eigenvalue weighted by Gasteiger charge is 2.30. The monoisotopic (exact) mass is 264 g/mol. The summed E-state index contributed by atoms with van der Waals surface area (Å²) in [5, 5.41) is 8.40. The predicted octanol–water partition coefficient (Wildman–Crippen LogP) is 0.996. The topological polar surface area (TPSA) is 68.2 Å². The Balaban J connectivity index is 2.13. The number of aryl methyl sites for hydroxylation is 2. The van der Waals surface area contributed by atoms with Crippen molar-refractivity contribution in [1.82, 2.24) is 15.2 Å². The van der Waals surface area contributed by atoms with Crippen molar-refractivity contribution in [3.8, 4) is 0 Å². The number of carbonyl (C=O) groups excluding carboxylic acids is 1. The third-order valence-corrected chi connectivity index (χ3v) is 3.50. The first kappa shape index (κ1) is 13.7. The van der Waals surface area contributed by atoms with Crippen molar-refractivity contribution >= 4 is 11.9 Å². The standard InChI is InChI=1S/C13H20N4O2/c1-4-10-11(5-2)15-16-13(14-10)17-7-6-9(8-17)12(18)19-3/h9H,4-8H2,1-3H3. The van der Waals surface area contributed by atoms with Crippen LogP contribution in [0.4, 0.5) is 5.95 Å². The Kier molecular flexibility index (Phi) is 4.29. The smallest absolute Gasteiger partial charge is 0.310 e. The Labute approximate surface area is 113 Å². The van der Waals surface area contributed by atoms with Crippen LogP contribution < -0.4 is 4.90 Å². The summed E-state index contributed by atoms with van der Waals surface area (Å²) < 4.78 is 4.78. The molecule has 0 aromatic carbocycles. The fraction of sp³-hybridized carbons (Fsp3) is 0.692. The van der Waals surface area contributed by atoms with Crippen LogP contribution in [-0.2, 0) is 22.4 Å². The van der Waals surface area contributed by atoms with Gasteiger partial charge in [-0.3, -0.25) is 4.79 Å². The molecule has 0 N–H and O–H groups in total. The molecule has 2 heterocycles. The second-order valence-electron chi connectivity index (χ2n) is 4.67. The number of hydrogen-bond donors (Lipinski definition) is 0. The van der Waals surface area contributed by atoms with Crippen LogP contribution in [0.3, 0.4) is 0 Å². The van der Waals surface area contributed by atoms with E-state index in [4.69, 9.17) is 4.74 Å². The van der Waals surface area contributed by atoms with Crippen LogP contribution in [0.5, 0.6) is 0 Å². The molecular formula is C13H20N4O2. The van der Waals surface area contributed by atoms with Crippen LogP contribution in [0.1, 0.15) is 31.7 Å². The number of aromatic nitrogens is 3. The number of ether oxygens (including phenoxy) is 1. The molecule has 104 valence electrons. The number of methoxy groups -OCH3 is 1. The van der Waals surface area contributed by atoms with Gasteiger partial charge >= 0.3 is 5.97 Å². The summed E-state index contributed by atoms with van der Waals surface area (Å²) in [4.78, 5) is 18.1. The highest BCUT2D eigenvalue weighted by atomic mass is 16.5. The molecule has 19 heavy (non-hydrogen) atoms. The minimum absolute atomic E-state index is 0.0791. The molecule has 1 aromatic heterocycles. The van der Waals surface area contributed by atoms with E-state index >= 15 is 0 Å². The molecule has 1 fully saturated rings. The molecule has 0 bridgehead atoms. The lowest BCUT2D eigenvalue weighted by atomic mass is 10.1.